The highest BCUT2D eigenvalue weighted by molar-refractivity contribution is 5.76. The van der Waals surface area contributed by atoms with E-state index < -0.39 is 0 Å². The second-order valence-corrected chi connectivity index (χ2v) is 7.33. The van der Waals surface area contributed by atoms with Gasteiger partial charge >= 0.3 is 0 Å². The number of nitrogens with zero attached hydrogens (tertiary/aromatic N) is 4. The molecule has 154 valence electrons. The van der Waals surface area contributed by atoms with E-state index in [9.17, 15) is 9.18 Å². The third-order valence-corrected chi connectivity index (χ3v) is 5.22. The quantitative estimate of drug-likeness (QED) is 0.655. The number of hydrogen-bond donors (Lipinski definition) is 1. The highest BCUT2D eigenvalue weighted by Gasteiger charge is 2.29. The molecule has 0 spiro atoms. The standard InChI is InChI=1S/C23H24FN5O/c1-2-22(30)29-12-4-3-10-20(29)23-27-19(16-7-6-11-25-15-16)14-21(28-23)26-18-9-5-8-17(24)13-18/h5-9,11,13-15,20H,2-4,10,12H2,1H3,(H,26,27,28)/t20-/m0/s1. The molecule has 0 unspecified atom stereocenters. The maximum atomic E-state index is 13.6. The smallest absolute Gasteiger partial charge is 0.222 e. The summed E-state index contributed by atoms with van der Waals surface area (Å²) in [5, 5.41) is 3.18. The van der Waals surface area contributed by atoms with Gasteiger partial charge in [-0.1, -0.05) is 13.0 Å². The molecule has 1 N–H and O–H groups in total. The van der Waals surface area contributed by atoms with Crippen molar-refractivity contribution in [1.29, 1.82) is 0 Å². The lowest BCUT2D eigenvalue weighted by Gasteiger charge is -2.35. The molecule has 1 aromatic carbocycles. The van der Waals surface area contributed by atoms with Gasteiger partial charge in [-0.25, -0.2) is 14.4 Å². The molecule has 0 saturated carbocycles. The van der Waals surface area contributed by atoms with E-state index in [4.69, 9.17) is 9.97 Å². The molecule has 1 atom stereocenters. The van der Waals surface area contributed by atoms with Crippen molar-refractivity contribution < 1.29 is 9.18 Å². The SMILES string of the molecule is CCC(=O)N1CCCC[C@H]1c1nc(Nc2cccc(F)c2)cc(-c2cccnc2)n1. The van der Waals surface area contributed by atoms with Gasteiger partial charge < -0.3 is 10.2 Å². The maximum absolute atomic E-state index is 13.6. The Labute approximate surface area is 175 Å². The Kier molecular flexibility index (Phi) is 5.97. The number of aromatic nitrogens is 3. The molecule has 1 aliphatic rings. The van der Waals surface area contributed by atoms with Crippen LogP contribution in [0.5, 0.6) is 0 Å². The lowest BCUT2D eigenvalue weighted by molar-refractivity contribution is -0.134. The summed E-state index contributed by atoms with van der Waals surface area (Å²) in [7, 11) is 0. The topological polar surface area (TPSA) is 71.0 Å². The fourth-order valence-corrected chi connectivity index (χ4v) is 3.76. The van der Waals surface area contributed by atoms with Gasteiger partial charge in [-0.15, -0.1) is 0 Å². The summed E-state index contributed by atoms with van der Waals surface area (Å²) in [6.07, 6.45) is 6.73. The van der Waals surface area contributed by atoms with Crippen molar-refractivity contribution in [3.05, 3.63) is 66.5 Å². The first-order chi connectivity index (χ1) is 14.6. The van der Waals surface area contributed by atoms with Crippen LogP contribution in [-0.4, -0.2) is 32.3 Å². The van der Waals surface area contributed by atoms with Gasteiger partial charge in [0.05, 0.1) is 11.7 Å². The number of hydrogen-bond acceptors (Lipinski definition) is 5. The monoisotopic (exact) mass is 405 g/mol. The number of carbonyl (C=O) groups is 1. The number of amides is 1. The number of halogens is 1. The number of likely N-dealkylation sites (tertiary alicyclic amines) is 1. The van der Waals surface area contributed by atoms with Crippen LogP contribution in [0.2, 0.25) is 0 Å². The molecular formula is C23H24FN5O. The molecule has 3 heterocycles. The van der Waals surface area contributed by atoms with Crippen LogP contribution in [0.4, 0.5) is 15.9 Å². The molecule has 2 aromatic heterocycles. The van der Waals surface area contributed by atoms with Crippen LogP contribution < -0.4 is 5.32 Å². The Morgan fingerprint density at radius 3 is 2.87 bits per heavy atom. The zero-order chi connectivity index (χ0) is 20.9. The van der Waals surface area contributed by atoms with Crippen molar-refractivity contribution >= 4 is 17.4 Å². The molecule has 30 heavy (non-hydrogen) atoms. The van der Waals surface area contributed by atoms with E-state index in [2.05, 4.69) is 10.3 Å². The Hall–Kier alpha value is -3.35. The minimum Gasteiger partial charge on any atom is -0.340 e. The van der Waals surface area contributed by atoms with Gasteiger partial charge in [-0.05, 0) is 49.6 Å². The molecule has 1 aliphatic heterocycles. The van der Waals surface area contributed by atoms with Gasteiger partial charge in [-0.2, -0.15) is 0 Å². The van der Waals surface area contributed by atoms with Gasteiger partial charge in [-0.3, -0.25) is 9.78 Å². The number of anilines is 2. The predicted octanol–water partition coefficient (Wildman–Crippen LogP) is 4.88. The van der Waals surface area contributed by atoms with Crippen LogP contribution >= 0.6 is 0 Å². The van der Waals surface area contributed by atoms with E-state index in [-0.39, 0.29) is 17.8 Å². The number of piperidine rings is 1. The molecule has 0 radical (unpaired) electrons. The van der Waals surface area contributed by atoms with Crippen molar-refractivity contribution in [2.75, 3.05) is 11.9 Å². The van der Waals surface area contributed by atoms with Crippen molar-refractivity contribution in [2.45, 2.75) is 38.6 Å². The average Bonchev–Trinajstić information content (AvgIpc) is 2.79. The summed E-state index contributed by atoms with van der Waals surface area (Å²) in [5.41, 5.74) is 2.16. The molecule has 6 nitrogen and oxygen atoms in total. The third kappa shape index (κ3) is 4.45. The minimum absolute atomic E-state index is 0.106. The summed E-state index contributed by atoms with van der Waals surface area (Å²) < 4.78 is 13.6. The maximum Gasteiger partial charge on any atom is 0.222 e. The van der Waals surface area contributed by atoms with Crippen molar-refractivity contribution in [3.63, 3.8) is 0 Å². The van der Waals surface area contributed by atoms with E-state index in [0.29, 0.717) is 36.0 Å². The molecule has 1 fully saturated rings. The van der Waals surface area contributed by atoms with Crippen molar-refractivity contribution in [1.82, 2.24) is 19.9 Å². The van der Waals surface area contributed by atoms with Crippen LogP contribution in [-0.2, 0) is 4.79 Å². The normalized spacial score (nSPS) is 16.3. The van der Waals surface area contributed by atoms with E-state index in [1.54, 1.807) is 24.5 Å². The van der Waals surface area contributed by atoms with Gasteiger partial charge in [0.2, 0.25) is 5.91 Å². The second kappa shape index (κ2) is 8.98. The van der Waals surface area contributed by atoms with E-state index in [1.165, 1.54) is 12.1 Å². The molecule has 4 rings (SSSR count). The van der Waals surface area contributed by atoms with Gasteiger partial charge in [0, 0.05) is 42.7 Å². The number of carbonyl (C=O) groups excluding carboxylic acids is 1. The number of benzene rings is 1. The van der Waals surface area contributed by atoms with Crippen molar-refractivity contribution in [3.8, 4) is 11.3 Å². The summed E-state index contributed by atoms with van der Waals surface area (Å²) in [5.74, 6) is 0.930. The fourth-order valence-electron chi connectivity index (χ4n) is 3.76. The van der Waals surface area contributed by atoms with Crippen LogP contribution in [0.15, 0.2) is 54.9 Å². The number of pyridine rings is 1. The first-order valence-electron chi connectivity index (χ1n) is 10.3. The van der Waals surface area contributed by atoms with Crippen LogP contribution in [0, 0.1) is 5.82 Å². The Balaban J connectivity index is 1.76. The predicted molar refractivity (Wildman–Crippen MR) is 114 cm³/mol. The van der Waals surface area contributed by atoms with Crippen LogP contribution in [0.1, 0.15) is 44.5 Å². The summed E-state index contributed by atoms with van der Waals surface area (Å²) in [6, 6.07) is 11.7. The fraction of sp³-hybridized carbons (Fsp3) is 0.304. The Bertz CT molecular complexity index is 1030. The molecule has 0 bridgehead atoms. The van der Waals surface area contributed by atoms with Crippen LogP contribution in [0.3, 0.4) is 0 Å². The molecule has 1 amide bonds. The van der Waals surface area contributed by atoms with E-state index in [0.717, 1.165) is 24.8 Å². The summed E-state index contributed by atoms with van der Waals surface area (Å²) in [6.45, 7) is 2.59. The minimum atomic E-state index is -0.325. The molecule has 7 heteroatoms. The second-order valence-electron chi connectivity index (χ2n) is 7.33. The average molecular weight is 405 g/mol. The molecule has 1 saturated heterocycles. The zero-order valence-corrected chi connectivity index (χ0v) is 16.9. The molecular weight excluding hydrogens is 381 g/mol. The Morgan fingerprint density at radius 2 is 2.10 bits per heavy atom. The summed E-state index contributed by atoms with van der Waals surface area (Å²) >= 11 is 0. The van der Waals surface area contributed by atoms with E-state index in [1.807, 2.05) is 30.0 Å². The first kappa shape index (κ1) is 19.9. The van der Waals surface area contributed by atoms with Gasteiger partial charge in [0.15, 0.2) is 5.82 Å². The van der Waals surface area contributed by atoms with Crippen molar-refractivity contribution in [2.24, 2.45) is 0 Å². The van der Waals surface area contributed by atoms with E-state index >= 15 is 0 Å². The number of rotatable bonds is 5. The third-order valence-electron chi connectivity index (χ3n) is 5.22. The first-order valence-corrected chi connectivity index (χ1v) is 10.3. The lowest BCUT2D eigenvalue weighted by atomic mass is 10.0. The highest BCUT2D eigenvalue weighted by Crippen LogP contribution is 2.32. The van der Waals surface area contributed by atoms with Gasteiger partial charge in [0.25, 0.3) is 0 Å². The summed E-state index contributed by atoms with van der Waals surface area (Å²) in [4.78, 5) is 28.1. The molecule has 0 aliphatic carbocycles. The zero-order valence-electron chi connectivity index (χ0n) is 16.9. The van der Waals surface area contributed by atoms with Crippen LogP contribution in [0.25, 0.3) is 11.3 Å². The Morgan fingerprint density at radius 1 is 1.20 bits per heavy atom. The highest BCUT2D eigenvalue weighted by atomic mass is 19.1. The number of nitrogens with one attached hydrogen (secondary N) is 1. The molecule has 3 aromatic rings. The largest absolute Gasteiger partial charge is 0.340 e. The van der Waals surface area contributed by atoms with Gasteiger partial charge in [0.1, 0.15) is 11.6 Å². The lowest BCUT2D eigenvalue weighted by Crippen LogP contribution is -2.39.